The molecule has 0 aliphatic carbocycles. The molecule has 0 spiro atoms. The van der Waals surface area contributed by atoms with E-state index in [9.17, 15) is 0 Å². The lowest BCUT2D eigenvalue weighted by Crippen LogP contribution is -2.24. The molecule has 0 atom stereocenters. The maximum absolute atomic E-state index is 5.91. The van der Waals surface area contributed by atoms with Crippen molar-refractivity contribution in [1.82, 2.24) is 19.6 Å². The Bertz CT molecular complexity index is 486. The number of aromatic nitrogens is 4. The van der Waals surface area contributed by atoms with Gasteiger partial charge in [-0.25, -0.2) is 0 Å². The Hall–Kier alpha value is -1.40. The normalized spacial score (nSPS) is 10.9. The van der Waals surface area contributed by atoms with E-state index in [1.807, 2.05) is 11.9 Å². The number of likely N-dealkylation sites (N-methyl/N-ethyl adjacent to an activating group) is 1. The second-order valence-corrected chi connectivity index (χ2v) is 3.71. The summed E-state index contributed by atoms with van der Waals surface area (Å²) in [5.41, 5.74) is 0. The van der Waals surface area contributed by atoms with Gasteiger partial charge in [-0.3, -0.25) is 0 Å². The molecule has 16 heavy (non-hydrogen) atoms. The molecule has 6 nitrogen and oxygen atoms in total. The van der Waals surface area contributed by atoms with Gasteiger partial charge < -0.3 is 9.64 Å². The Kier molecular flexibility index (Phi) is 3.21. The lowest BCUT2D eigenvalue weighted by Gasteiger charge is -2.18. The number of halogens is 1. The van der Waals surface area contributed by atoms with Crippen LogP contribution < -0.4 is 4.90 Å². The van der Waals surface area contributed by atoms with Gasteiger partial charge in [0.05, 0.1) is 6.61 Å². The van der Waals surface area contributed by atoms with Crippen molar-refractivity contribution in [3.05, 3.63) is 17.5 Å². The fraction of sp³-hybridized carbons (Fsp3) is 0.444. The quantitative estimate of drug-likeness (QED) is 0.744. The maximum atomic E-state index is 5.91. The number of hydrogen-bond donors (Lipinski definition) is 0. The molecule has 2 heterocycles. The van der Waals surface area contributed by atoms with Gasteiger partial charge in [-0.2, -0.15) is 19.6 Å². The molecule has 0 aliphatic heterocycles. The van der Waals surface area contributed by atoms with Gasteiger partial charge in [0.25, 0.3) is 5.78 Å². The molecule has 0 aliphatic rings. The summed E-state index contributed by atoms with van der Waals surface area (Å²) in [6, 6.07) is 1.75. The molecule has 0 N–H and O–H groups in total. The Labute approximate surface area is 97.8 Å². The first-order valence-corrected chi connectivity index (χ1v) is 5.16. The molecular formula is C9H12ClN5O. The van der Waals surface area contributed by atoms with Crippen LogP contribution in [0.15, 0.2) is 12.4 Å². The third-order valence-corrected chi connectivity index (χ3v) is 2.42. The molecule has 2 rings (SSSR count). The summed E-state index contributed by atoms with van der Waals surface area (Å²) in [7, 11) is 3.60. The minimum atomic E-state index is 0.403. The highest BCUT2D eigenvalue weighted by Gasteiger charge is 2.10. The van der Waals surface area contributed by atoms with E-state index in [2.05, 4.69) is 15.1 Å². The maximum Gasteiger partial charge on any atom is 0.255 e. The Morgan fingerprint density at radius 1 is 1.56 bits per heavy atom. The van der Waals surface area contributed by atoms with Crippen molar-refractivity contribution in [2.45, 2.75) is 0 Å². The molecule has 0 saturated carbocycles. The number of ether oxygens (including phenoxy) is 1. The summed E-state index contributed by atoms with van der Waals surface area (Å²) in [5, 5.41) is 4.49. The lowest BCUT2D eigenvalue weighted by atomic mass is 10.5. The molecule has 0 radical (unpaired) electrons. The standard InChI is InChI=1S/C9H12ClN5O/c1-14(3-4-16-2)8-5-7(10)13-9-11-6-12-15(8)9/h5-6H,3-4H2,1-2H3. The second-order valence-electron chi connectivity index (χ2n) is 3.32. The molecule has 7 heteroatoms. The molecule has 0 amide bonds. The van der Waals surface area contributed by atoms with Gasteiger partial charge >= 0.3 is 0 Å². The molecule has 0 fully saturated rings. The third-order valence-electron chi connectivity index (χ3n) is 2.22. The molecule has 86 valence electrons. The van der Waals surface area contributed by atoms with Gasteiger partial charge in [-0.1, -0.05) is 11.6 Å². The van der Waals surface area contributed by atoms with Crippen molar-refractivity contribution in [3.63, 3.8) is 0 Å². The number of nitrogens with zero attached hydrogens (tertiary/aromatic N) is 5. The van der Waals surface area contributed by atoms with Crippen LogP contribution >= 0.6 is 11.6 Å². The van der Waals surface area contributed by atoms with Crippen molar-refractivity contribution >= 4 is 23.2 Å². The Morgan fingerprint density at radius 3 is 3.12 bits per heavy atom. The van der Waals surface area contributed by atoms with Gasteiger partial charge in [0, 0.05) is 26.8 Å². The van der Waals surface area contributed by atoms with Crippen molar-refractivity contribution in [2.75, 3.05) is 32.2 Å². The summed E-state index contributed by atoms with van der Waals surface area (Å²) in [4.78, 5) is 10.0. The summed E-state index contributed by atoms with van der Waals surface area (Å²) in [6.07, 6.45) is 1.45. The molecule has 0 saturated heterocycles. The largest absolute Gasteiger partial charge is 0.383 e. The SMILES string of the molecule is COCCN(C)c1cc(Cl)nc2ncnn12. The van der Waals surface area contributed by atoms with Gasteiger partial charge in [-0.15, -0.1) is 0 Å². The summed E-state index contributed by atoms with van der Waals surface area (Å²) < 4.78 is 6.66. The zero-order valence-electron chi connectivity index (χ0n) is 9.09. The Morgan fingerprint density at radius 2 is 2.38 bits per heavy atom. The van der Waals surface area contributed by atoms with Gasteiger partial charge in [-0.05, 0) is 0 Å². The van der Waals surface area contributed by atoms with Crippen molar-refractivity contribution < 1.29 is 4.74 Å². The topological polar surface area (TPSA) is 55.5 Å². The smallest absolute Gasteiger partial charge is 0.255 e. The molecule has 2 aromatic rings. The van der Waals surface area contributed by atoms with Crippen LogP contribution in [0.3, 0.4) is 0 Å². The second kappa shape index (κ2) is 4.63. The highest BCUT2D eigenvalue weighted by molar-refractivity contribution is 6.29. The van der Waals surface area contributed by atoms with Crippen LogP contribution in [0.4, 0.5) is 5.82 Å². The average molecular weight is 242 g/mol. The van der Waals surface area contributed by atoms with Crippen LogP contribution in [-0.2, 0) is 4.74 Å². The van der Waals surface area contributed by atoms with Crippen LogP contribution in [0, 0.1) is 0 Å². The van der Waals surface area contributed by atoms with E-state index in [1.54, 1.807) is 17.7 Å². The monoisotopic (exact) mass is 241 g/mol. The minimum Gasteiger partial charge on any atom is -0.383 e. The number of rotatable bonds is 4. The zero-order valence-corrected chi connectivity index (χ0v) is 9.85. The van der Waals surface area contributed by atoms with E-state index in [1.165, 1.54) is 6.33 Å². The molecule has 0 bridgehead atoms. The van der Waals surface area contributed by atoms with Gasteiger partial charge in [0.2, 0.25) is 0 Å². The van der Waals surface area contributed by atoms with Crippen molar-refractivity contribution in [2.24, 2.45) is 0 Å². The molecule has 0 unspecified atom stereocenters. The molecule has 2 aromatic heterocycles. The summed E-state index contributed by atoms with van der Waals surface area (Å²) in [5.74, 6) is 1.33. The fourth-order valence-corrected chi connectivity index (χ4v) is 1.56. The van der Waals surface area contributed by atoms with Crippen LogP contribution in [0.1, 0.15) is 0 Å². The van der Waals surface area contributed by atoms with E-state index >= 15 is 0 Å². The van der Waals surface area contributed by atoms with Gasteiger partial charge in [0.1, 0.15) is 17.3 Å². The van der Waals surface area contributed by atoms with Crippen molar-refractivity contribution in [3.8, 4) is 0 Å². The van der Waals surface area contributed by atoms with Gasteiger partial charge in [0.15, 0.2) is 0 Å². The zero-order chi connectivity index (χ0) is 11.5. The van der Waals surface area contributed by atoms with E-state index in [0.29, 0.717) is 17.5 Å². The van der Waals surface area contributed by atoms with E-state index < -0.39 is 0 Å². The fourth-order valence-electron chi connectivity index (χ4n) is 1.38. The van der Waals surface area contributed by atoms with E-state index in [4.69, 9.17) is 16.3 Å². The summed E-state index contributed by atoms with van der Waals surface area (Å²) in [6.45, 7) is 1.37. The van der Waals surface area contributed by atoms with E-state index in [0.717, 1.165) is 12.4 Å². The van der Waals surface area contributed by atoms with Crippen LogP contribution in [0.5, 0.6) is 0 Å². The summed E-state index contributed by atoms with van der Waals surface area (Å²) >= 11 is 5.91. The predicted molar refractivity (Wildman–Crippen MR) is 60.9 cm³/mol. The molecular weight excluding hydrogens is 230 g/mol. The third kappa shape index (κ3) is 2.07. The van der Waals surface area contributed by atoms with Crippen LogP contribution in [-0.4, -0.2) is 46.9 Å². The number of methoxy groups -OCH3 is 1. The first-order valence-electron chi connectivity index (χ1n) is 4.78. The van der Waals surface area contributed by atoms with Crippen molar-refractivity contribution in [1.29, 1.82) is 0 Å². The minimum absolute atomic E-state index is 0.403. The highest BCUT2D eigenvalue weighted by Crippen LogP contribution is 2.17. The van der Waals surface area contributed by atoms with Crippen LogP contribution in [0.25, 0.3) is 5.78 Å². The van der Waals surface area contributed by atoms with Crippen LogP contribution in [0.2, 0.25) is 5.15 Å². The number of anilines is 1. The first-order chi connectivity index (χ1) is 7.72. The number of hydrogen-bond acceptors (Lipinski definition) is 5. The molecule has 0 aromatic carbocycles. The highest BCUT2D eigenvalue weighted by atomic mass is 35.5. The first kappa shape index (κ1) is 11.1. The average Bonchev–Trinajstić information content (AvgIpc) is 2.72. The number of fused-ring (bicyclic) bond motifs is 1. The predicted octanol–water partition coefficient (Wildman–Crippen LogP) is 0.860. The van der Waals surface area contributed by atoms with E-state index in [-0.39, 0.29) is 0 Å². The Balaban J connectivity index is 2.38. The lowest BCUT2D eigenvalue weighted by molar-refractivity contribution is 0.206.